The van der Waals surface area contributed by atoms with Crippen molar-refractivity contribution in [1.82, 2.24) is 0 Å². The van der Waals surface area contributed by atoms with E-state index in [0.717, 1.165) is 25.7 Å². The van der Waals surface area contributed by atoms with Gasteiger partial charge in [0.1, 0.15) is 0 Å². The average Bonchev–Trinajstić information content (AvgIpc) is 3.20. The van der Waals surface area contributed by atoms with Crippen molar-refractivity contribution < 1.29 is 19.8 Å². The van der Waals surface area contributed by atoms with Crippen LogP contribution in [0.3, 0.4) is 0 Å². The van der Waals surface area contributed by atoms with Gasteiger partial charge in [0.15, 0.2) is 0 Å². The van der Waals surface area contributed by atoms with E-state index in [1.165, 1.54) is 244 Å². The Morgan fingerprint density at radius 2 is 0.421 bits per heavy atom. The van der Waals surface area contributed by atoms with Crippen molar-refractivity contribution in [3.8, 4) is 0 Å². The number of aliphatic carboxylic acids is 2. The fourth-order valence-corrected chi connectivity index (χ4v) is 11.6. The van der Waals surface area contributed by atoms with E-state index in [1.54, 1.807) is 8.87 Å². The van der Waals surface area contributed by atoms with Crippen molar-refractivity contribution in [2.24, 2.45) is 0 Å². The summed E-state index contributed by atoms with van der Waals surface area (Å²) in [6.45, 7) is 9.14. The SMILES string of the molecule is CCCCCCCCCCCCCCCCCCCCCC(=O)[O-].CCCCCCCCCCCCCCCCCCCCCC(=O)[O-].CCC[CH2][Sn+2][CH2]CCC. The molecular weight excluding hydrogens is 807 g/mol. The maximum absolute atomic E-state index is 10.3. The summed E-state index contributed by atoms with van der Waals surface area (Å²) in [5, 5.41) is 20.5. The van der Waals surface area contributed by atoms with Crippen LogP contribution in [0.4, 0.5) is 0 Å². The molecule has 0 aromatic carbocycles. The second-order valence-electron chi connectivity index (χ2n) is 17.4. The zero-order valence-corrected chi connectivity index (χ0v) is 42.5. The van der Waals surface area contributed by atoms with Crippen LogP contribution in [0.5, 0.6) is 0 Å². The van der Waals surface area contributed by atoms with E-state index in [9.17, 15) is 19.8 Å². The molecule has 0 unspecified atom stereocenters. The van der Waals surface area contributed by atoms with Gasteiger partial charge >= 0.3 is 69.5 Å². The van der Waals surface area contributed by atoms with Crippen LogP contribution >= 0.6 is 0 Å². The Morgan fingerprint density at radius 3 is 0.579 bits per heavy atom. The van der Waals surface area contributed by atoms with Crippen molar-refractivity contribution in [2.75, 3.05) is 0 Å². The number of carboxylic acid groups (broad SMARTS) is 2. The molecule has 340 valence electrons. The molecule has 0 radical (unpaired) electrons. The summed E-state index contributed by atoms with van der Waals surface area (Å²) in [6, 6.07) is 0. The number of unbranched alkanes of at least 4 members (excludes halogenated alkanes) is 38. The Hall–Kier alpha value is -0.261. The van der Waals surface area contributed by atoms with E-state index in [-0.39, 0.29) is 34.0 Å². The average molecular weight is 912 g/mol. The van der Waals surface area contributed by atoms with Gasteiger partial charge in [-0.25, -0.2) is 0 Å². The molecule has 0 saturated carbocycles. The first-order valence-corrected chi connectivity index (χ1v) is 30.1. The monoisotopic (exact) mass is 913 g/mol. The van der Waals surface area contributed by atoms with Gasteiger partial charge in [0.25, 0.3) is 0 Å². The first-order chi connectivity index (χ1) is 28.0. The fraction of sp³-hybridized carbons (Fsp3) is 0.962. The van der Waals surface area contributed by atoms with Crippen LogP contribution in [0, 0.1) is 0 Å². The third kappa shape index (κ3) is 70.6. The van der Waals surface area contributed by atoms with Gasteiger partial charge in [-0.2, -0.15) is 0 Å². The van der Waals surface area contributed by atoms with E-state index >= 15 is 0 Å². The Morgan fingerprint density at radius 1 is 0.263 bits per heavy atom. The van der Waals surface area contributed by atoms with Gasteiger partial charge in [0.2, 0.25) is 0 Å². The van der Waals surface area contributed by atoms with E-state index in [0.29, 0.717) is 0 Å². The molecule has 0 atom stereocenters. The second-order valence-corrected chi connectivity index (χ2v) is 21.7. The number of hydrogen-bond donors (Lipinski definition) is 0. The molecule has 0 aliphatic heterocycles. The third-order valence-electron chi connectivity index (χ3n) is 11.4. The molecule has 0 fully saturated rings. The Kier molecular flexibility index (Phi) is 64.3. The number of carbonyl (C=O) groups is 2. The molecule has 0 bridgehead atoms. The van der Waals surface area contributed by atoms with E-state index < -0.39 is 11.9 Å². The van der Waals surface area contributed by atoms with Crippen LogP contribution in [-0.4, -0.2) is 33.1 Å². The zero-order chi connectivity index (χ0) is 42.4. The Balaban J connectivity index is -0.000000843. The molecule has 0 saturated heterocycles. The van der Waals surface area contributed by atoms with Gasteiger partial charge in [-0.15, -0.1) is 0 Å². The van der Waals surface area contributed by atoms with Gasteiger partial charge < -0.3 is 19.8 Å². The summed E-state index contributed by atoms with van der Waals surface area (Å²) in [5.41, 5.74) is 0. The molecule has 0 aromatic heterocycles. The van der Waals surface area contributed by atoms with Gasteiger partial charge in [-0.1, -0.05) is 245 Å². The van der Waals surface area contributed by atoms with Crippen LogP contribution in [0.2, 0.25) is 8.87 Å². The van der Waals surface area contributed by atoms with Crippen molar-refractivity contribution >= 4 is 33.1 Å². The molecule has 0 aliphatic carbocycles. The topological polar surface area (TPSA) is 80.3 Å². The minimum absolute atomic E-state index is 0.149. The molecule has 0 rings (SSSR count). The molecular formula is C52H104O4Sn. The summed E-state index contributed by atoms with van der Waals surface area (Å²) < 4.78 is 3.25. The number of hydrogen-bond acceptors (Lipinski definition) is 4. The molecule has 0 aromatic rings. The van der Waals surface area contributed by atoms with Gasteiger partial charge in [-0.05, 0) is 25.7 Å². The second kappa shape index (κ2) is 60.0. The summed E-state index contributed by atoms with van der Waals surface area (Å²) in [7, 11) is 0. The number of carboxylic acids is 2. The summed E-state index contributed by atoms with van der Waals surface area (Å²) in [4.78, 5) is 20.5. The normalized spacial score (nSPS) is 10.7. The zero-order valence-electron chi connectivity index (χ0n) is 39.7. The number of rotatable bonds is 46. The molecule has 4 nitrogen and oxygen atoms in total. The van der Waals surface area contributed by atoms with Crippen LogP contribution in [0.25, 0.3) is 0 Å². The van der Waals surface area contributed by atoms with Crippen LogP contribution in [-0.2, 0) is 9.59 Å². The predicted octanol–water partition coefficient (Wildman–Crippen LogP) is 16.2. The first-order valence-electron chi connectivity index (χ1n) is 26.1. The van der Waals surface area contributed by atoms with Crippen molar-refractivity contribution in [3.63, 3.8) is 0 Å². The molecule has 0 N–H and O–H groups in total. The van der Waals surface area contributed by atoms with Crippen molar-refractivity contribution in [3.05, 3.63) is 0 Å². The molecule has 0 heterocycles. The van der Waals surface area contributed by atoms with Gasteiger partial charge in [0, 0.05) is 11.9 Å². The standard InChI is InChI=1S/2C22H44O2.2C4H9.Sn/c2*1-2-3-4-5-6-7-8-9-10-11-12-13-14-15-16-17-18-19-20-21-22(23)24;2*1-3-4-2;/h2*2-21H2,1H3,(H,23,24);2*1,3-4H2,2H3;/q;;;;+2/p-2. The predicted molar refractivity (Wildman–Crippen MR) is 251 cm³/mol. The quantitative estimate of drug-likeness (QED) is 0.0450. The molecule has 0 amide bonds. The molecule has 0 spiro atoms. The van der Waals surface area contributed by atoms with Crippen LogP contribution < -0.4 is 10.2 Å². The van der Waals surface area contributed by atoms with E-state index in [4.69, 9.17) is 0 Å². The maximum atomic E-state index is 10.3. The fourth-order valence-electron chi connectivity index (χ4n) is 7.42. The van der Waals surface area contributed by atoms with Gasteiger partial charge in [-0.3, -0.25) is 0 Å². The van der Waals surface area contributed by atoms with E-state index in [1.807, 2.05) is 0 Å². The van der Waals surface area contributed by atoms with Crippen molar-refractivity contribution in [1.29, 1.82) is 0 Å². The Bertz CT molecular complexity index is 656. The minimum atomic E-state index is -0.901. The molecule has 0 aliphatic rings. The third-order valence-corrected chi connectivity index (χ3v) is 15.4. The van der Waals surface area contributed by atoms with Crippen molar-refractivity contribution in [2.45, 2.75) is 319 Å². The summed E-state index contributed by atoms with van der Waals surface area (Å²) >= 11 is 0.149. The summed E-state index contributed by atoms with van der Waals surface area (Å²) in [6.07, 6.45) is 57.3. The van der Waals surface area contributed by atoms with Crippen LogP contribution in [0.15, 0.2) is 0 Å². The van der Waals surface area contributed by atoms with Gasteiger partial charge in [0.05, 0.1) is 0 Å². The Labute approximate surface area is 370 Å². The molecule has 57 heavy (non-hydrogen) atoms. The molecule has 5 heteroatoms. The first kappa shape index (κ1) is 61.0. The van der Waals surface area contributed by atoms with Crippen LogP contribution in [0.1, 0.15) is 310 Å². The van der Waals surface area contributed by atoms with E-state index in [2.05, 4.69) is 27.7 Å². The summed E-state index contributed by atoms with van der Waals surface area (Å²) in [5.74, 6) is -1.80. The number of carbonyl (C=O) groups excluding carboxylic acids is 2.